The average molecular weight is 849 g/mol. The maximum Gasteiger partial charge on any atom is 0.248 e. The van der Waals surface area contributed by atoms with Crippen molar-refractivity contribution in [2.75, 3.05) is 0 Å². The van der Waals surface area contributed by atoms with Crippen molar-refractivity contribution in [2.24, 2.45) is 0 Å². The number of nitrogens with zero attached hydrogens (tertiary/aromatic N) is 6. The third kappa shape index (κ3) is 6.00. The van der Waals surface area contributed by atoms with E-state index in [-0.39, 0.29) is 0 Å². The predicted molar refractivity (Wildman–Crippen MR) is 263 cm³/mol. The molecule has 0 saturated heterocycles. The SMILES string of the molecule is c1ccc(-c2nnc(-c3ccc(-n4c5ccccc5c5c(-c6ccccc6)c6c(c(-c7ccccc7)c54)c4ccccc4n6-c4ccc(-c5nnc(-c6ccccc6)o5)cc4)cc3)o2)cc1. The first kappa shape index (κ1) is 37.4. The quantitative estimate of drug-likeness (QED) is 0.151. The van der Waals surface area contributed by atoms with E-state index in [1.807, 2.05) is 60.7 Å². The molecule has 0 aliphatic rings. The van der Waals surface area contributed by atoms with Crippen molar-refractivity contribution in [2.45, 2.75) is 0 Å². The molecule has 0 fully saturated rings. The van der Waals surface area contributed by atoms with Crippen LogP contribution < -0.4 is 0 Å². The Balaban J connectivity index is 1.09. The molecule has 0 unspecified atom stereocenters. The van der Waals surface area contributed by atoms with Gasteiger partial charge in [-0.3, -0.25) is 0 Å². The molecular formula is C58H36N6O2. The Bertz CT molecular complexity index is 3630. The van der Waals surface area contributed by atoms with Crippen molar-refractivity contribution < 1.29 is 8.83 Å². The molecule has 9 aromatic carbocycles. The second kappa shape index (κ2) is 15.3. The summed E-state index contributed by atoms with van der Waals surface area (Å²) >= 11 is 0. The molecule has 8 nitrogen and oxygen atoms in total. The van der Waals surface area contributed by atoms with Gasteiger partial charge in [-0.05, 0) is 96.1 Å². The van der Waals surface area contributed by atoms with Crippen molar-refractivity contribution >= 4 is 43.6 Å². The third-order valence-corrected chi connectivity index (χ3v) is 12.5. The van der Waals surface area contributed by atoms with Crippen LogP contribution >= 0.6 is 0 Å². The first-order valence-corrected chi connectivity index (χ1v) is 21.9. The molecule has 0 aliphatic heterocycles. The summed E-state index contributed by atoms with van der Waals surface area (Å²) in [6.45, 7) is 0. The molecule has 13 aromatic rings. The lowest BCUT2D eigenvalue weighted by atomic mass is 9.90. The minimum absolute atomic E-state index is 0.468. The van der Waals surface area contributed by atoms with Gasteiger partial charge in [0.2, 0.25) is 23.6 Å². The minimum Gasteiger partial charge on any atom is -0.416 e. The molecule has 0 atom stereocenters. The Morgan fingerprint density at radius 1 is 0.273 bits per heavy atom. The minimum atomic E-state index is 0.468. The zero-order chi connectivity index (χ0) is 43.6. The predicted octanol–water partition coefficient (Wildman–Crippen LogP) is 14.6. The Morgan fingerprint density at radius 3 is 0.909 bits per heavy atom. The highest BCUT2D eigenvalue weighted by Crippen LogP contribution is 2.52. The Hall–Kier alpha value is -9.14. The third-order valence-electron chi connectivity index (χ3n) is 12.5. The summed E-state index contributed by atoms with van der Waals surface area (Å²) in [5, 5.41) is 22.3. The fourth-order valence-electron chi connectivity index (χ4n) is 9.59. The van der Waals surface area contributed by atoms with E-state index in [4.69, 9.17) is 8.83 Å². The van der Waals surface area contributed by atoms with Crippen molar-refractivity contribution in [3.05, 3.63) is 218 Å². The number of hydrogen-bond acceptors (Lipinski definition) is 6. The van der Waals surface area contributed by atoms with Crippen molar-refractivity contribution in [3.63, 3.8) is 0 Å². The molecule has 0 N–H and O–H groups in total. The van der Waals surface area contributed by atoms with Crippen LogP contribution in [0.1, 0.15) is 0 Å². The van der Waals surface area contributed by atoms with Gasteiger partial charge in [-0.1, -0.05) is 133 Å². The Labute approximate surface area is 378 Å². The number of fused-ring (bicyclic) bond motifs is 6. The number of aromatic nitrogens is 6. The molecule has 0 radical (unpaired) electrons. The van der Waals surface area contributed by atoms with Crippen LogP contribution in [0.3, 0.4) is 0 Å². The van der Waals surface area contributed by atoms with Gasteiger partial charge in [0.15, 0.2) is 0 Å². The van der Waals surface area contributed by atoms with E-state index in [0.717, 1.165) is 99.5 Å². The van der Waals surface area contributed by atoms with E-state index < -0.39 is 0 Å². The Kier molecular flexibility index (Phi) is 8.67. The summed E-state index contributed by atoms with van der Waals surface area (Å²) in [6.07, 6.45) is 0. The summed E-state index contributed by atoms with van der Waals surface area (Å²) in [5.41, 5.74) is 14.4. The van der Waals surface area contributed by atoms with E-state index in [0.29, 0.717) is 23.6 Å². The summed E-state index contributed by atoms with van der Waals surface area (Å²) in [7, 11) is 0. The zero-order valence-electron chi connectivity index (χ0n) is 35.3. The molecule has 66 heavy (non-hydrogen) atoms. The summed E-state index contributed by atoms with van der Waals surface area (Å²) < 4.78 is 17.3. The van der Waals surface area contributed by atoms with Gasteiger partial charge in [-0.25, -0.2) is 0 Å². The van der Waals surface area contributed by atoms with E-state index in [1.54, 1.807) is 0 Å². The second-order valence-electron chi connectivity index (χ2n) is 16.3. The van der Waals surface area contributed by atoms with Gasteiger partial charge in [-0.2, -0.15) is 0 Å². The van der Waals surface area contributed by atoms with Gasteiger partial charge in [-0.15, -0.1) is 20.4 Å². The normalized spacial score (nSPS) is 11.6. The van der Waals surface area contributed by atoms with Crippen LogP contribution in [0.15, 0.2) is 227 Å². The van der Waals surface area contributed by atoms with Crippen LogP contribution in [-0.4, -0.2) is 29.5 Å². The topological polar surface area (TPSA) is 87.7 Å². The fourth-order valence-corrected chi connectivity index (χ4v) is 9.59. The number of rotatable bonds is 8. The lowest BCUT2D eigenvalue weighted by Gasteiger charge is -2.18. The van der Waals surface area contributed by atoms with Crippen LogP contribution in [-0.2, 0) is 0 Å². The monoisotopic (exact) mass is 848 g/mol. The highest BCUT2D eigenvalue weighted by Gasteiger charge is 2.29. The number of para-hydroxylation sites is 2. The molecule has 4 aromatic heterocycles. The largest absolute Gasteiger partial charge is 0.416 e. The smallest absolute Gasteiger partial charge is 0.248 e. The van der Waals surface area contributed by atoms with Crippen LogP contribution in [0.25, 0.3) is 123 Å². The molecule has 8 heteroatoms. The molecule has 0 saturated carbocycles. The Morgan fingerprint density at radius 2 is 0.561 bits per heavy atom. The van der Waals surface area contributed by atoms with Crippen LogP contribution in [0.4, 0.5) is 0 Å². The molecular weight excluding hydrogens is 813 g/mol. The fraction of sp³-hybridized carbons (Fsp3) is 0. The van der Waals surface area contributed by atoms with Gasteiger partial charge in [0, 0.05) is 66.3 Å². The van der Waals surface area contributed by atoms with Crippen molar-refractivity contribution in [1.29, 1.82) is 0 Å². The maximum absolute atomic E-state index is 6.20. The van der Waals surface area contributed by atoms with Gasteiger partial charge in [0.05, 0.1) is 22.1 Å². The van der Waals surface area contributed by atoms with Gasteiger partial charge >= 0.3 is 0 Å². The first-order chi connectivity index (χ1) is 32.8. The highest BCUT2D eigenvalue weighted by atomic mass is 16.4. The van der Waals surface area contributed by atoms with Gasteiger partial charge in [0.1, 0.15) is 0 Å². The number of hydrogen-bond donors (Lipinski definition) is 0. The van der Waals surface area contributed by atoms with Gasteiger partial charge < -0.3 is 18.0 Å². The van der Waals surface area contributed by atoms with Gasteiger partial charge in [0.25, 0.3) is 0 Å². The molecule has 0 aliphatic carbocycles. The zero-order valence-corrected chi connectivity index (χ0v) is 35.3. The lowest BCUT2D eigenvalue weighted by Crippen LogP contribution is -1.99. The number of benzene rings is 9. The molecule has 13 rings (SSSR count). The molecule has 310 valence electrons. The van der Waals surface area contributed by atoms with E-state index in [9.17, 15) is 0 Å². The molecule has 0 bridgehead atoms. The first-order valence-electron chi connectivity index (χ1n) is 21.9. The molecule has 0 amide bonds. The average Bonchev–Trinajstić information content (AvgIpc) is 4.22. The molecule has 0 spiro atoms. The standard InChI is InChI=1S/C58H36N6O2/c1-5-17-37(18-6-1)49-51-45-25-13-15-27-47(45)64(44-35-31-42(32-36-44)58-62-60-56(66-58)40-23-11-4-12-24-40)54(51)50(38-19-7-2-8-20-38)52-46-26-14-16-28-48(46)63(53(49)52)43-33-29-41(30-34-43)57-61-59-55(65-57)39-21-9-3-10-22-39/h1-36H. The van der Waals surface area contributed by atoms with Crippen molar-refractivity contribution in [3.8, 4) is 79.4 Å². The summed E-state index contributed by atoms with van der Waals surface area (Å²) in [6, 6.07) is 75.8. The van der Waals surface area contributed by atoms with Crippen LogP contribution in [0.5, 0.6) is 0 Å². The maximum atomic E-state index is 6.20. The highest BCUT2D eigenvalue weighted by molar-refractivity contribution is 6.33. The summed E-state index contributed by atoms with van der Waals surface area (Å²) in [5.74, 6) is 1.91. The van der Waals surface area contributed by atoms with E-state index in [2.05, 4.69) is 187 Å². The van der Waals surface area contributed by atoms with E-state index in [1.165, 1.54) is 0 Å². The lowest BCUT2D eigenvalue weighted by molar-refractivity contribution is 0.584. The van der Waals surface area contributed by atoms with Crippen LogP contribution in [0, 0.1) is 0 Å². The van der Waals surface area contributed by atoms with Crippen molar-refractivity contribution in [1.82, 2.24) is 29.5 Å². The summed E-state index contributed by atoms with van der Waals surface area (Å²) in [4.78, 5) is 0. The molecule has 4 heterocycles. The second-order valence-corrected chi connectivity index (χ2v) is 16.3. The van der Waals surface area contributed by atoms with E-state index >= 15 is 0 Å². The van der Waals surface area contributed by atoms with Crippen LogP contribution in [0.2, 0.25) is 0 Å².